The molecule has 0 aromatic carbocycles. The minimum absolute atomic E-state index is 0.684. The number of guanidine groups is 1. The molecule has 5 heteroatoms. The van der Waals surface area contributed by atoms with Crippen molar-refractivity contribution in [3.8, 4) is 0 Å². The molecule has 0 bridgehead atoms. The Labute approximate surface area is 100.0 Å². The van der Waals surface area contributed by atoms with E-state index < -0.39 is 0 Å². The van der Waals surface area contributed by atoms with Crippen molar-refractivity contribution >= 4 is 28.9 Å². The molecular weight excluding hydrogens is 230 g/mol. The normalized spacial score (nSPS) is 9.93. The van der Waals surface area contributed by atoms with Crippen LogP contribution in [0.3, 0.4) is 0 Å². The first-order valence-corrected chi connectivity index (χ1v) is 5.83. The Bertz CT molecular complexity index is 334. The zero-order chi connectivity index (χ0) is 11.4. The predicted molar refractivity (Wildman–Crippen MR) is 67.8 cm³/mol. The lowest BCUT2D eigenvalue weighted by atomic mass is 10.5. The van der Waals surface area contributed by atoms with Crippen molar-refractivity contribution in [2.75, 3.05) is 28.2 Å². The fourth-order valence-electron chi connectivity index (χ4n) is 1.27. The second kappa shape index (κ2) is 5.37. The second-order valence-electron chi connectivity index (χ2n) is 3.61. The Morgan fingerprint density at radius 1 is 1.27 bits per heavy atom. The molecule has 3 nitrogen and oxygen atoms in total. The van der Waals surface area contributed by atoms with Gasteiger partial charge in [0.15, 0.2) is 5.96 Å². The van der Waals surface area contributed by atoms with Gasteiger partial charge in [0, 0.05) is 33.1 Å². The topological polar surface area (TPSA) is 18.8 Å². The molecule has 0 aliphatic rings. The molecule has 84 valence electrons. The molecule has 15 heavy (non-hydrogen) atoms. The highest BCUT2D eigenvalue weighted by Gasteiger charge is 2.04. The van der Waals surface area contributed by atoms with Crippen LogP contribution in [0, 0.1) is 0 Å². The number of rotatable bonds is 2. The molecule has 1 heterocycles. The van der Waals surface area contributed by atoms with Crippen LogP contribution < -0.4 is 0 Å². The zero-order valence-corrected chi connectivity index (χ0v) is 11.1. The van der Waals surface area contributed by atoms with E-state index in [-0.39, 0.29) is 0 Å². The van der Waals surface area contributed by atoms with Gasteiger partial charge in [0.25, 0.3) is 0 Å². The van der Waals surface area contributed by atoms with E-state index in [2.05, 4.69) is 4.99 Å². The summed E-state index contributed by atoms with van der Waals surface area (Å²) in [5.41, 5.74) is 0. The number of hydrogen-bond donors (Lipinski definition) is 0. The largest absolute Gasteiger partial charge is 0.349 e. The van der Waals surface area contributed by atoms with Gasteiger partial charge in [-0.25, -0.2) is 4.99 Å². The second-order valence-corrected chi connectivity index (χ2v) is 5.41. The molecule has 1 rings (SSSR count). The molecule has 0 aliphatic heterocycles. The van der Waals surface area contributed by atoms with Gasteiger partial charge in [-0.1, -0.05) is 11.6 Å². The zero-order valence-electron chi connectivity index (χ0n) is 9.49. The minimum atomic E-state index is 0.684. The Balaban J connectivity index is 2.69. The molecule has 1 aromatic heterocycles. The van der Waals surface area contributed by atoms with Crippen molar-refractivity contribution < 1.29 is 0 Å². The summed E-state index contributed by atoms with van der Waals surface area (Å²) in [5.74, 6) is 0.958. The minimum Gasteiger partial charge on any atom is -0.349 e. The SMILES string of the molecule is CN(C)C(=NCc1ccc(Cl)s1)N(C)C. The Kier molecular flexibility index (Phi) is 4.42. The van der Waals surface area contributed by atoms with Crippen molar-refractivity contribution in [2.45, 2.75) is 6.54 Å². The van der Waals surface area contributed by atoms with Gasteiger partial charge in [-0.05, 0) is 12.1 Å². The standard InChI is InChI=1S/C10H16ClN3S/c1-13(2)10(14(3)4)12-7-8-5-6-9(11)15-8/h5-6H,7H2,1-4H3. The first kappa shape index (κ1) is 12.3. The highest BCUT2D eigenvalue weighted by Crippen LogP contribution is 2.21. The van der Waals surface area contributed by atoms with E-state index in [1.807, 2.05) is 50.1 Å². The van der Waals surface area contributed by atoms with Gasteiger partial charge in [0.1, 0.15) is 0 Å². The van der Waals surface area contributed by atoms with E-state index in [0.717, 1.165) is 10.3 Å². The van der Waals surface area contributed by atoms with Crippen molar-refractivity contribution in [3.63, 3.8) is 0 Å². The summed E-state index contributed by atoms with van der Waals surface area (Å²) in [6.07, 6.45) is 0. The molecule has 0 spiro atoms. The van der Waals surface area contributed by atoms with Crippen molar-refractivity contribution in [2.24, 2.45) is 4.99 Å². The predicted octanol–water partition coefficient (Wildman–Crippen LogP) is 2.38. The number of nitrogens with zero attached hydrogens (tertiary/aromatic N) is 3. The van der Waals surface area contributed by atoms with Gasteiger partial charge in [0.2, 0.25) is 0 Å². The van der Waals surface area contributed by atoms with E-state index >= 15 is 0 Å². The first-order chi connectivity index (χ1) is 7.00. The summed E-state index contributed by atoms with van der Waals surface area (Å²) in [7, 11) is 7.95. The van der Waals surface area contributed by atoms with E-state index in [0.29, 0.717) is 6.54 Å². The molecule has 0 atom stereocenters. The maximum absolute atomic E-state index is 5.85. The Hall–Kier alpha value is -0.740. The first-order valence-electron chi connectivity index (χ1n) is 4.64. The monoisotopic (exact) mass is 245 g/mol. The lowest BCUT2D eigenvalue weighted by molar-refractivity contribution is 0.479. The van der Waals surface area contributed by atoms with E-state index in [9.17, 15) is 0 Å². The molecule has 0 saturated carbocycles. The summed E-state index contributed by atoms with van der Waals surface area (Å²) in [6, 6.07) is 3.92. The maximum atomic E-state index is 5.85. The molecule has 0 radical (unpaired) electrons. The van der Waals surface area contributed by atoms with Gasteiger partial charge >= 0.3 is 0 Å². The van der Waals surface area contributed by atoms with Crippen molar-refractivity contribution in [1.82, 2.24) is 9.80 Å². The van der Waals surface area contributed by atoms with Crippen LogP contribution in [0.15, 0.2) is 17.1 Å². The van der Waals surface area contributed by atoms with Gasteiger partial charge in [-0.2, -0.15) is 0 Å². The van der Waals surface area contributed by atoms with Crippen LogP contribution >= 0.6 is 22.9 Å². The quantitative estimate of drug-likeness (QED) is 0.589. The number of halogens is 1. The lowest BCUT2D eigenvalue weighted by Crippen LogP contribution is -2.35. The maximum Gasteiger partial charge on any atom is 0.195 e. The molecule has 0 amide bonds. The van der Waals surface area contributed by atoms with Crippen LogP contribution in [0.1, 0.15) is 4.88 Å². The molecule has 0 N–H and O–H groups in total. The summed E-state index contributed by atoms with van der Waals surface area (Å²) in [5, 5.41) is 0. The summed E-state index contributed by atoms with van der Waals surface area (Å²) in [4.78, 5) is 9.70. The third-order valence-corrected chi connectivity index (χ3v) is 3.02. The number of thiophene rings is 1. The van der Waals surface area contributed by atoms with E-state index in [4.69, 9.17) is 11.6 Å². The lowest BCUT2D eigenvalue weighted by Gasteiger charge is -2.22. The van der Waals surface area contributed by atoms with Crippen molar-refractivity contribution in [1.29, 1.82) is 0 Å². The van der Waals surface area contributed by atoms with Crippen LogP contribution in [-0.4, -0.2) is 44.0 Å². The molecule has 0 aliphatic carbocycles. The fourth-order valence-corrected chi connectivity index (χ4v) is 2.28. The van der Waals surface area contributed by atoms with E-state index in [1.165, 1.54) is 4.88 Å². The van der Waals surface area contributed by atoms with Gasteiger partial charge in [-0.15, -0.1) is 11.3 Å². The fraction of sp³-hybridized carbons (Fsp3) is 0.500. The van der Waals surface area contributed by atoms with Gasteiger partial charge < -0.3 is 9.80 Å². The van der Waals surface area contributed by atoms with Gasteiger partial charge in [0.05, 0.1) is 10.9 Å². The average molecular weight is 246 g/mol. The smallest absolute Gasteiger partial charge is 0.195 e. The van der Waals surface area contributed by atoms with Crippen LogP contribution in [0.5, 0.6) is 0 Å². The summed E-state index contributed by atoms with van der Waals surface area (Å²) in [6.45, 7) is 0.684. The highest BCUT2D eigenvalue weighted by atomic mass is 35.5. The third-order valence-electron chi connectivity index (χ3n) is 1.81. The van der Waals surface area contributed by atoms with E-state index in [1.54, 1.807) is 11.3 Å². The number of hydrogen-bond acceptors (Lipinski definition) is 2. The van der Waals surface area contributed by atoms with Crippen LogP contribution in [0.4, 0.5) is 0 Å². The Morgan fingerprint density at radius 3 is 2.27 bits per heavy atom. The molecule has 0 saturated heterocycles. The van der Waals surface area contributed by atoms with Crippen LogP contribution in [0.25, 0.3) is 0 Å². The molecule has 0 fully saturated rings. The number of aliphatic imine (C=N–C) groups is 1. The van der Waals surface area contributed by atoms with Gasteiger partial charge in [-0.3, -0.25) is 0 Å². The average Bonchev–Trinajstić information content (AvgIpc) is 2.50. The highest BCUT2D eigenvalue weighted by molar-refractivity contribution is 7.16. The third kappa shape index (κ3) is 3.72. The molecule has 1 aromatic rings. The molecular formula is C10H16ClN3S. The summed E-state index contributed by atoms with van der Waals surface area (Å²) < 4.78 is 0.816. The van der Waals surface area contributed by atoms with Crippen LogP contribution in [-0.2, 0) is 6.54 Å². The van der Waals surface area contributed by atoms with Crippen molar-refractivity contribution in [3.05, 3.63) is 21.3 Å². The Morgan fingerprint density at radius 2 is 1.87 bits per heavy atom. The van der Waals surface area contributed by atoms with Crippen LogP contribution in [0.2, 0.25) is 4.34 Å². The summed E-state index contributed by atoms with van der Waals surface area (Å²) >= 11 is 7.42. The molecule has 0 unspecified atom stereocenters.